The molecule has 10 atom stereocenters. The molecule has 4 heteroatoms. The first-order chi connectivity index (χ1) is 19.7. The van der Waals surface area contributed by atoms with Crippen LogP contribution in [0.25, 0.3) is 5.57 Å². The highest BCUT2D eigenvalue weighted by molar-refractivity contribution is 5.90. The van der Waals surface area contributed by atoms with Gasteiger partial charge in [0.05, 0.1) is 12.7 Å². The summed E-state index contributed by atoms with van der Waals surface area (Å²) in [5.74, 6) is 3.03. The van der Waals surface area contributed by atoms with Crippen molar-refractivity contribution in [2.75, 3.05) is 7.11 Å². The van der Waals surface area contributed by atoms with E-state index in [1.165, 1.54) is 70.5 Å². The topological polar surface area (TPSA) is 52.3 Å². The second kappa shape index (κ2) is 9.91. The van der Waals surface area contributed by atoms with Crippen molar-refractivity contribution in [3.8, 4) is 0 Å². The fraction of sp³-hybridized carbons (Fsp3) is 0.763. The van der Waals surface area contributed by atoms with Crippen molar-refractivity contribution < 1.29 is 13.9 Å². The molecule has 4 fully saturated rings. The monoisotopic (exact) mass is 577 g/mol. The number of rotatable bonds is 4. The number of hydrogen-bond acceptors (Lipinski definition) is 3. The van der Waals surface area contributed by atoms with Gasteiger partial charge in [0.1, 0.15) is 5.82 Å². The highest BCUT2D eigenvalue weighted by Gasteiger charge is 2.70. The van der Waals surface area contributed by atoms with Gasteiger partial charge in [-0.2, -0.15) is 0 Å². The summed E-state index contributed by atoms with van der Waals surface area (Å²) in [4.78, 5) is 12.0. The molecule has 2 N–H and O–H groups in total. The molecule has 0 amide bonds. The zero-order chi connectivity index (χ0) is 30.5. The minimum absolute atomic E-state index is 0.00514. The molecule has 232 valence electrons. The van der Waals surface area contributed by atoms with Gasteiger partial charge in [-0.25, -0.2) is 9.18 Å². The van der Waals surface area contributed by atoms with Crippen LogP contribution in [0, 0.1) is 63.0 Å². The molecule has 0 radical (unpaired) electrons. The van der Waals surface area contributed by atoms with Gasteiger partial charge in [0.2, 0.25) is 0 Å². The van der Waals surface area contributed by atoms with Gasteiger partial charge in [0.25, 0.3) is 0 Å². The van der Waals surface area contributed by atoms with Crippen LogP contribution in [0.4, 0.5) is 4.39 Å². The van der Waals surface area contributed by atoms with E-state index >= 15 is 4.39 Å². The first-order valence-corrected chi connectivity index (χ1v) is 17.1. The highest BCUT2D eigenvalue weighted by atomic mass is 19.1. The molecular formula is C38H56FNO2. The smallest absolute Gasteiger partial charge is 0.340 e. The minimum Gasteiger partial charge on any atom is -0.465 e. The molecule has 6 rings (SSSR count). The number of carbonyl (C=O) groups excluding carboxylic acids is 1. The van der Waals surface area contributed by atoms with Gasteiger partial charge >= 0.3 is 5.97 Å². The van der Waals surface area contributed by atoms with E-state index in [4.69, 9.17) is 10.5 Å². The maximum Gasteiger partial charge on any atom is 0.340 e. The third kappa shape index (κ3) is 3.94. The maximum absolute atomic E-state index is 15.1. The average molecular weight is 578 g/mol. The number of nitrogens with two attached hydrogens (primary N) is 1. The lowest BCUT2D eigenvalue weighted by molar-refractivity contribution is -0.219. The molecule has 4 saturated carbocycles. The van der Waals surface area contributed by atoms with E-state index < -0.39 is 11.8 Å². The predicted octanol–water partition coefficient (Wildman–Crippen LogP) is 9.44. The lowest BCUT2D eigenvalue weighted by Crippen LogP contribution is -2.67. The largest absolute Gasteiger partial charge is 0.465 e. The van der Waals surface area contributed by atoms with Gasteiger partial charge in [-0.05, 0) is 138 Å². The third-order valence-electron chi connectivity index (χ3n) is 15.2. The van der Waals surface area contributed by atoms with Crippen molar-refractivity contribution in [2.24, 2.45) is 62.9 Å². The van der Waals surface area contributed by atoms with Crippen LogP contribution in [0.5, 0.6) is 0 Å². The number of ether oxygens (including phenoxy) is 1. The van der Waals surface area contributed by atoms with Crippen LogP contribution in [0.1, 0.15) is 129 Å². The molecule has 1 aromatic carbocycles. The Kier molecular flexibility index (Phi) is 7.16. The summed E-state index contributed by atoms with van der Waals surface area (Å²) in [6.07, 6.45) is 14.9. The SMILES string of the molecule is CCC(C)C1CCC2(N)CCC3(C)C(CCC4C5(C)CC=C(c6ccc(C(=O)OC)c(F)c6)C(C)(C)C5CCC43C)C12. The Bertz CT molecular complexity index is 1290. The van der Waals surface area contributed by atoms with Crippen LogP contribution in [0.2, 0.25) is 0 Å². The van der Waals surface area contributed by atoms with Gasteiger partial charge in [0.15, 0.2) is 0 Å². The van der Waals surface area contributed by atoms with Crippen LogP contribution < -0.4 is 5.73 Å². The van der Waals surface area contributed by atoms with Crippen LogP contribution in [-0.2, 0) is 4.74 Å². The predicted molar refractivity (Wildman–Crippen MR) is 169 cm³/mol. The molecule has 0 bridgehead atoms. The Morgan fingerprint density at radius 2 is 1.74 bits per heavy atom. The molecule has 3 nitrogen and oxygen atoms in total. The molecule has 0 heterocycles. The van der Waals surface area contributed by atoms with Crippen molar-refractivity contribution in [1.29, 1.82) is 0 Å². The second-order valence-electron chi connectivity index (χ2n) is 16.7. The lowest BCUT2D eigenvalue weighted by atomic mass is 9.33. The van der Waals surface area contributed by atoms with Crippen molar-refractivity contribution >= 4 is 11.5 Å². The Balaban J connectivity index is 1.35. The van der Waals surface area contributed by atoms with Gasteiger partial charge < -0.3 is 10.5 Å². The van der Waals surface area contributed by atoms with Crippen LogP contribution in [0.3, 0.4) is 0 Å². The van der Waals surface area contributed by atoms with Crippen molar-refractivity contribution in [1.82, 2.24) is 0 Å². The molecule has 0 saturated heterocycles. The summed E-state index contributed by atoms with van der Waals surface area (Å²) >= 11 is 0. The summed E-state index contributed by atoms with van der Waals surface area (Å²) < 4.78 is 19.8. The molecule has 0 aromatic heterocycles. The normalized spacial score (nSPS) is 44.6. The number of allylic oxidation sites excluding steroid dienone is 2. The molecule has 5 aliphatic carbocycles. The summed E-state index contributed by atoms with van der Waals surface area (Å²) in [5, 5.41) is 0. The first-order valence-electron chi connectivity index (χ1n) is 17.1. The van der Waals surface area contributed by atoms with E-state index in [9.17, 15) is 4.79 Å². The molecular weight excluding hydrogens is 521 g/mol. The zero-order valence-corrected chi connectivity index (χ0v) is 27.6. The van der Waals surface area contributed by atoms with Crippen molar-refractivity contribution in [2.45, 2.75) is 118 Å². The van der Waals surface area contributed by atoms with E-state index in [2.05, 4.69) is 54.5 Å². The fourth-order valence-electron chi connectivity index (χ4n) is 12.7. The van der Waals surface area contributed by atoms with Crippen LogP contribution >= 0.6 is 0 Å². The number of carbonyl (C=O) groups is 1. The summed E-state index contributed by atoms with van der Waals surface area (Å²) in [7, 11) is 1.30. The minimum atomic E-state index is -0.623. The number of esters is 1. The molecule has 0 aliphatic heterocycles. The Hall–Kier alpha value is -1.68. The molecule has 5 aliphatic rings. The zero-order valence-electron chi connectivity index (χ0n) is 27.6. The van der Waals surface area contributed by atoms with Gasteiger partial charge in [-0.3, -0.25) is 0 Å². The molecule has 0 spiro atoms. The van der Waals surface area contributed by atoms with Gasteiger partial charge in [0, 0.05) is 5.54 Å². The molecule has 42 heavy (non-hydrogen) atoms. The summed E-state index contributed by atoms with van der Waals surface area (Å²) in [6, 6.07) is 5.07. The number of halogens is 1. The quantitative estimate of drug-likeness (QED) is 0.363. The maximum atomic E-state index is 15.1. The Morgan fingerprint density at radius 3 is 2.40 bits per heavy atom. The highest BCUT2D eigenvalue weighted by Crippen LogP contribution is 2.76. The fourth-order valence-corrected chi connectivity index (χ4v) is 12.7. The molecule has 10 unspecified atom stereocenters. The van der Waals surface area contributed by atoms with Crippen molar-refractivity contribution in [3.63, 3.8) is 0 Å². The number of fused-ring (bicyclic) bond motifs is 7. The van der Waals surface area contributed by atoms with E-state index in [0.717, 1.165) is 29.7 Å². The van der Waals surface area contributed by atoms with Gasteiger partial charge in [-0.15, -0.1) is 0 Å². The second-order valence-corrected chi connectivity index (χ2v) is 16.7. The first kappa shape index (κ1) is 30.4. The Labute approximate surface area is 254 Å². The number of benzene rings is 1. The Morgan fingerprint density at radius 1 is 1.00 bits per heavy atom. The number of hydrogen-bond donors (Lipinski definition) is 1. The van der Waals surface area contributed by atoms with E-state index in [1.807, 2.05) is 6.07 Å². The van der Waals surface area contributed by atoms with E-state index in [1.54, 1.807) is 12.1 Å². The summed E-state index contributed by atoms with van der Waals surface area (Å²) in [6.45, 7) is 17.6. The van der Waals surface area contributed by atoms with Crippen LogP contribution in [-0.4, -0.2) is 18.6 Å². The van der Waals surface area contributed by atoms with E-state index in [-0.39, 0.29) is 21.9 Å². The average Bonchev–Trinajstić information content (AvgIpc) is 3.29. The standard InChI is InChI=1S/C38H56FNO2/c1-9-23(2)25-14-19-38(40)21-20-36(6)28(32(25)38)12-13-31-35(5)17-15-27(34(3,4)30(35)16-18-37(31,36)7)24-10-11-26(29(39)22-24)33(41)42-8/h10-11,15,22-23,25,28,30-32H,9,12-14,16-21,40H2,1-8H3. The molecule has 1 aromatic rings. The van der Waals surface area contributed by atoms with Crippen molar-refractivity contribution in [3.05, 3.63) is 41.2 Å². The van der Waals surface area contributed by atoms with Crippen LogP contribution in [0.15, 0.2) is 24.3 Å². The lowest BCUT2D eigenvalue weighted by Gasteiger charge is -2.72. The number of methoxy groups -OCH3 is 1. The van der Waals surface area contributed by atoms with E-state index in [0.29, 0.717) is 28.6 Å². The van der Waals surface area contributed by atoms with Gasteiger partial charge in [-0.1, -0.05) is 67.0 Å². The third-order valence-corrected chi connectivity index (χ3v) is 15.2. The summed E-state index contributed by atoms with van der Waals surface area (Å²) in [5.41, 5.74) is 10.3.